The summed E-state index contributed by atoms with van der Waals surface area (Å²) in [6.45, 7) is 21.5. The molecule has 4 atom stereocenters. The highest BCUT2D eigenvalue weighted by Crippen LogP contribution is 2.49. The molecule has 0 bridgehead atoms. The summed E-state index contributed by atoms with van der Waals surface area (Å²) in [6.07, 6.45) is 62.0. The maximum atomic E-state index is 14.2. The Balaban J connectivity index is 0.712. The van der Waals surface area contributed by atoms with Gasteiger partial charge in [0.2, 0.25) is 0 Å². The number of carbonyl (C=O) groups excluding carboxylic acids is 2. The van der Waals surface area contributed by atoms with Crippen LogP contribution in [0.25, 0.3) is 68.3 Å². The van der Waals surface area contributed by atoms with Crippen LogP contribution in [-0.4, -0.2) is 51.6 Å². The molecule has 0 aliphatic heterocycles. The van der Waals surface area contributed by atoms with Gasteiger partial charge in [-0.3, -0.25) is 0 Å². The molecule has 0 fully saturated rings. The average molecular weight is 1920 g/mol. The Morgan fingerprint density at radius 2 is 0.385 bits per heavy atom. The molecular formula is C114H162O8S8. The van der Waals surface area contributed by atoms with Crippen molar-refractivity contribution in [2.45, 2.75) is 376 Å². The second-order valence-corrected chi connectivity index (χ2v) is 45.8. The Morgan fingerprint density at radius 1 is 0.215 bits per heavy atom. The second-order valence-electron chi connectivity index (χ2n) is 37.0. The van der Waals surface area contributed by atoms with Crippen LogP contribution in [0.15, 0.2) is 133 Å². The van der Waals surface area contributed by atoms with Crippen LogP contribution >= 0.6 is 90.7 Å². The van der Waals surface area contributed by atoms with E-state index in [0.717, 1.165) is 0 Å². The summed E-state index contributed by atoms with van der Waals surface area (Å²) >= 11 is 14.7. The minimum absolute atomic E-state index is 0.296. The molecule has 10 rings (SSSR count). The molecular weight excluding hydrogens is 1750 g/mol. The van der Waals surface area contributed by atoms with Gasteiger partial charge in [-0.2, -0.15) is 0 Å². The standard InChI is InChI=1S/C114H162O8S8/c1-9-17-25-33-37-45-53-87(49-41-29-21-13-5)83-119-93-77-91(78-94(81-93)120-84-88(50-42-30-22-14-6)54-46-38-34-26-18-10-2)113(115)117-75-73-97-57-59-99(123-97)101-61-63-103(125-101)105-65-67-107(127-105)109-69-71-111(129-109)112-72-70-110(130-112)108-68-66-106(128-108)104-64-62-102(126-104)100-60-58-98(124-100)74-76-118-114(116)92-79-95(121-85-89(51-43-31-23-15-7)55-47-39-35-27-19-11-3)82-96(80-92)122-86-90(52-44-32-24-16-8)56-48-40-36-28-20-12-4/h57-72,77-82,87-90H,9-56,73-76,83-86H2,1-8H3. The van der Waals surface area contributed by atoms with E-state index in [0.29, 0.717) is 110 Å². The Hall–Kier alpha value is -5.82. The largest absolute Gasteiger partial charge is 0.493 e. The fraction of sp³-hybridized carbons (Fsp3) is 0.596. The molecule has 0 aliphatic rings. The molecule has 0 aliphatic carbocycles. The normalized spacial score (nSPS) is 12.6. The van der Waals surface area contributed by atoms with Crippen molar-refractivity contribution in [2.24, 2.45) is 23.7 Å². The Labute approximate surface area is 819 Å². The fourth-order valence-corrected chi connectivity index (χ4v) is 26.3. The van der Waals surface area contributed by atoms with Gasteiger partial charge >= 0.3 is 11.9 Å². The predicted octanol–water partition coefficient (Wildman–Crippen LogP) is 39.5. The number of hydrogen-bond acceptors (Lipinski definition) is 16. The molecule has 0 radical (unpaired) electrons. The first-order chi connectivity index (χ1) is 63.9. The number of carbonyl (C=O) groups is 2. The fourth-order valence-electron chi connectivity index (χ4n) is 17.7. The number of thiophene rings is 8. The van der Waals surface area contributed by atoms with Gasteiger partial charge in [0.15, 0.2) is 0 Å². The molecule has 0 saturated carbocycles. The molecule has 8 nitrogen and oxygen atoms in total. The zero-order valence-corrected chi connectivity index (χ0v) is 87.7. The van der Waals surface area contributed by atoms with Crippen LogP contribution in [0, 0.1) is 23.7 Å². The number of unbranched alkanes of at least 4 members (excludes halogenated alkanes) is 32. The van der Waals surface area contributed by atoms with Gasteiger partial charge in [-0.25, -0.2) is 9.59 Å². The van der Waals surface area contributed by atoms with Crippen molar-refractivity contribution in [1.82, 2.24) is 0 Å². The molecule has 0 amide bonds. The lowest BCUT2D eigenvalue weighted by Gasteiger charge is -2.20. The third kappa shape index (κ3) is 39.1. The maximum Gasteiger partial charge on any atom is 0.338 e. The van der Waals surface area contributed by atoms with Gasteiger partial charge in [0.05, 0.1) is 50.8 Å². The third-order valence-electron chi connectivity index (χ3n) is 25.7. The van der Waals surface area contributed by atoms with E-state index in [-0.39, 0.29) is 11.9 Å². The first kappa shape index (κ1) is 106. The quantitative estimate of drug-likeness (QED) is 0.0275. The van der Waals surface area contributed by atoms with Gasteiger partial charge in [0, 0.05) is 103 Å². The SMILES string of the molecule is CCCCCCCCC(CCCCCC)COc1cc(OCC(CCCCCC)CCCCCCCC)cc(C(=O)OCCc2ccc(-c3ccc(-c4ccc(-c5ccc(-c6ccc(-c7ccc(-c8ccc(-c9ccc(CCOC(=O)c%10cc(OCC(CCCCCC)CCCCCCCC)cc(OCC(CCCCCC)CCCCCCCC)c%10)s9)s8)s7)s6)s5)s4)s3)s2)c1. The monoisotopic (exact) mass is 1920 g/mol. The van der Waals surface area contributed by atoms with Crippen LogP contribution in [-0.2, 0) is 22.3 Å². The summed E-state index contributed by atoms with van der Waals surface area (Å²) in [5.41, 5.74) is 0.998. The van der Waals surface area contributed by atoms with Crippen LogP contribution in [0.1, 0.15) is 394 Å². The predicted molar refractivity (Wildman–Crippen MR) is 571 cm³/mol. The lowest BCUT2D eigenvalue weighted by atomic mass is 9.95. The van der Waals surface area contributed by atoms with Crippen molar-refractivity contribution in [2.75, 3.05) is 39.6 Å². The van der Waals surface area contributed by atoms with E-state index in [4.69, 9.17) is 28.4 Å². The van der Waals surface area contributed by atoms with Gasteiger partial charge in [-0.15, -0.1) is 90.7 Å². The van der Waals surface area contributed by atoms with E-state index in [2.05, 4.69) is 152 Å². The van der Waals surface area contributed by atoms with Gasteiger partial charge in [0.25, 0.3) is 0 Å². The smallest absolute Gasteiger partial charge is 0.338 e. The van der Waals surface area contributed by atoms with E-state index < -0.39 is 0 Å². The molecule has 10 aromatic rings. The molecule has 8 heterocycles. The summed E-state index contributed by atoms with van der Waals surface area (Å²) in [7, 11) is 0. The second kappa shape index (κ2) is 63.5. The molecule has 0 N–H and O–H groups in total. The Kier molecular flexibility index (Phi) is 51.9. The lowest BCUT2D eigenvalue weighted by molar-refractivity contribution is 0.0499. The molecule has 0 spiro atoms. The van der Waals surface area contributed by atoms with Crippen molar-refractivity contribution in [3.8, 4) is 91.3 Å². The average Bonchev–Trinajstić information content (AvgIpc) is 1.65. The van der Waals surface area contributed by atoms with E-state index in [1.54, 1.807) is 22.7 Å². The van der Waals surface area contributed by atoms with Crippen LogP contribution in [0.3, 0.4) is 0 Å². The lowest BCUT2D eigenvalue weighted by Crippen LogP contribution is -2.15. The van der Waals surface area contributed by atoms with Gasteiger partial charge in [-0.1, -0.05) is 312 Å². The van der Waals surface area contributed by atoms with Crippen molar-refractivity contribution in [1.29, 1.82) is 0 Å². The highest BCUT2D eigenvalue weighted by atomic mass is 32.1. The summed E-state index contributed by atoms with van der Waals surface area (Å²) in [4.78, 5) is 48.5. The zero-order valence-electron chi connectivity index (χ0n) is 81.1. The molecule has 16 heteroatoms. The van der Waals surface area contributed by atoms with Crippen LogP contribution in [0.4, 0.5) is 0 Å². The number of hydrogen-bond donors (Lipinski definition) is 0. The summed E-state index contributed by atoms with van der Waals surface area (Å²) in [5.74, 6) is 4.12. The Bertz CT molecular complexity index is 4250. The summed E-state index contributed by atoms with van der Waals surface area (Å²) < 4.78 is 39.2. The summed E-state index contributed by atoms with van der Waals surface area (Å²) in [5, 5.41) is 0. The van der Waals surface area contributed by atoms with Crippen molar-refractivity contribution in [3.63, 3.8) is 0 Å². The molecule has 8 aromatic heterocycles. The van der Waals surface area contributed by atoms with E-state index in [1.807, 2.05) is 104 Å². The molecule has 2 aromatic carbocycles. The Morgan fingerprint density at radius 3 is 0.585 bits per heavy atom. The third-order valence-corrected chi connectivity index (χ3v) is 35.9. The molecule has 4 unspecified atom stereocenters. The van der Waals surface area contributed by atoms with Crippen LogP contribution in [0.2, 0.25) is 0 Å². The van der Waals surface area contributed by atoms with Crippen LogP contribution in [0.5, 0.6) is 23.0 Å². The minimum Gasteiger partial charge on any atom is -0.493 e. The zero-order chi connectivity index (χ0) is 91.2. The molecule has 714 valence electrons. The highest BCUT2D eigenvalue weighted by Gasteiger charge is 2.23. The number of esters is 2. The van der Waals surface area contributed by atoms with Gasteiger partial charge in [-0.05, 0) is 196 Å². The van der Waals surface area contributed by atoms with E-state index in [9.17, 15) is 9.59 Å². The first-order valence-corrected chi connectivity index (χ1v) is 58.4. The van der Waals surface area contributed by atoms with Crippen molar-refractivity contribution in [3.05, 3.63) is 154 Å². The topological polar surface area (TPSA) is 89.5 Å². The van der Waals surface area contributed by atoms with E-state index in [1.165, 1.54) is 386 Å². The number of rotatable bonds is 75. The molecule has 0 saturated heterocycles. The number of ether oxygens (including phenoxy) is 6. The maximum absolute atomic E-state index is 14.2. The first-order valence-electron chi connectivity index (χ1n) is 51.9. The molecule has 130 heavy (non-hydrogen) atoms. The van der Waals surface area contributed by atoms with Gasteiger partial charge < -0.3 is 28.4 Å². The number of benzene rings is 2. The van der Waals surface area contributed by atoms with E-state index >= 15 is 0 Å². The van der Waals surface area contributed by atoms with Crippen LogP contribution < -0.4 is 18.9 Å². The van der Waals surface area contributed by atoms with Gasteiger partial charge in [0.1, 0.15) is 23.0 Å². The highest BCUT2D eigenvalue weighted by molar-refractivity contribution is 7.31. The van der Waals surface area contributed by atoms with Crippen molar-refractivity contribution >= 4 is 103 Å². The van der Waals surface area contributed by atoms with Crippen molar-refractivity contribution < 1.29 is 38.0 Å². The minimum atomic E-state index is -0.329. The summed E-state index contributed by atoms with van der Waals surface area (Å²) in [6, 6.07) is 47.9.